The van der Waals surface area contributed by atoms with Crippen molar-refractivity contribution < 1.29 is 85.1 Å². The summed E-state index contributed by atoms with van der Waals surface area (Å²) in [6, 6.07) is 7.66. The van der Waals surface area contributed by atoms with Gasteiger partial charge in [-0.2, -0.15) is 5.48 Å². The van der Waals surface area contributed by atoms with Gasteiger partial charge in [0.15, 0.2) is 0 Å². The lowest BCUT2D eigenvalue weighted by atomic mass is 9.62. The van der Waals surface area contributed by atoms with E-state index in [1.807, 2.05) is 20.8 Å². The van der Waals surface area contributed by atoms with Crippen LogP contribution in [0.1, 0.15) is 57.6 Å². The number of nitrogens with one attached hydrogen (secondary N) is 2. The maximum Gasteiger partial charge on any atom is 0.412 e. The lowest BCUT2D eigenvalue weighted by Crippen LogP contribution is -2.50. The Morgan fingerprint density at radius 2 is 1.09 bits per heavy atom. The highest BCUT2D eigenvalue weighted by Crippen LogP contribution is 2.46. The Morgan fingerprint density at radius 1 is 0.645 bits per heavy atom. The first-order chi connectivity index (χ1) is 35.8. The van der Waals surface area contributed by atoms with Crippen molar-refractivity contribution >= 4 is 51.7 Å². The average Bonchev–Trinajstić information content (AvgIpc) is 3.37. The molecule has 20 nitrogen and oxygen atoms in total. The first-order valence-corrected chi connectivity index (χ1v) is 25.2. The van der Waals surface area contributed by atoms with Gasteiger partial charge in [-0.25, -0.2) is 37.2 Å². The monoisotopic (exact) mass is 1080 g/mol. The predicted octanol–water partition coefficient (Wildman–Crippen LogP) is 6.43. The molecule has 3 N–H and O–H groups in total. The number of carbonyl (C=O) groups excluding carboxylic acids is 7. The van der Waals surface area contributed by atoms with Crippen molar-refractivity contribution in [1.82, 2.24) is 10.8 Å². The minimum absolute atomic E-state index is 0.0394. The second-order valence-electron chi connectivity index (χ2n) is 19.4. The number of sulfone groups is 1. The predicted molar refractivity (Wildman–Crippen MR) is 277 cm³/mol. The molecule has 0 radical (unpaired) electrons. The van der Waals surface area contributed by atoms with E-state index >= 15 is 0 Å². The Kier molecular flexibility index (Phi) is 23.8. The van der Waals surface area contributed by atoms with E-state index in [1.165, 1.54) is 42.5 Å². The number of hydroxylamine groups is 1. The summed E-state index contributed by atoms with van der Waals surface area (Å²) in [6.07, 6.45) is 7.94. The molecule has 0 bridgehead atoms. The van der Waals surface area contributed by atoms with E-state index in [2.05, 4.69) is 56.8 Å². The fraction of sp³-hybridized carbons (Fsp3) is 0.400. The van der Waals surface area contributed by atoms with Crippen LogP contribution in [0, 0.1) is 21.7 Å². The van der Waals surface area contributed by atoms with Crippen LogP contribution in [0.3, 0.4) is 0 Å². The van der Waals surface area contributed by atoms with Crippen LogP contribution in [0.5, 0.6) is 11.5 Å². The second kappa shape index (κ2) is 28.9. The quantitative estimate of drug-likeness (QED) is 0.0234. The molecule has 412 valence electrons. The van der Waals surface area contributed by atoms with E-state index in [0.717, 1.165) is 30.4 Å². The molecule has 1 saturated carbocycles. The topological polar surface area (TPSA) is 272 Å². The number of phenols is 1. The minimum atomic E-state index is -4.06. The summed E-state index contributed by atoms with van der Waals surface area (Å²) in [4.78, 5) is 94.2. The third-order valence-electron chi connectivity index (χ3n) is 11.9. The number of amides is 1. The van der Waals surface area contributed by atoms with Crippen molar-refractivity contribution in [2.75, 3.05) is 52.8 Å². The number of phenolic OH excluding ortho intramolecular Hbond substituents is 1. The number of esters is 5. The molecular weight excluding hydrogens is 1010 g/mol. The molecule has 76 heavy (non-hydrogen) atoms. The zero-order chi connectivity index (χ0) is 56.7. The maximum absolute atomic E-state index is 13.8. The SMILES string of the molecule is C=CCc1cc(S(=O)(=O)c2ccc(OC(=O)NC3CC(C)(C)CC(C)(CNOC(=O)CC(COCC(COC(=O)C=C)(COC(=O)C=C)COC(=O)C=C)(COC(=O)C=C)COC(=O)C=C)C3)c(CC=C)c2)ccc1O. The van der Waals surface area contributed by atoms with Crippen molar-refractivity contribution in [3.63, 3.8) is 0 Å². The van der Waals surface area contributed by atoms with Crippen molar-refractivity contribution in [2.45, 2.75) is 75.1 Å². The third kappa shape index (κ3) is 19.6. The number of aromatic hydroxyl groups is 1. The highest BCUT2D eigenvalue weighted by Gasteiger charge is 2.44. The number of hydrogen-bond acceptors (Lipinski definition) is 19. The van der Waals surface area contributed by atoms with Crippen LogP contribution in [0.15, 0.2) is 135 Å². The Balaban J connectivity index is 1.83. The van der Waals surface area contributed by atoms with E-state index < -0.39 is 127 Å². The van der Waals surface area contributed by atoms with Gasteiger partial charge in [-0.3, -0.25) is 4.79 Å². The Hall–Kier alpha value is -7.62. The first-order valence-electron chi connectivity index (χ1n) is 23.7. The number of carbonyl (C=O) groups is 7. The van der Waals surface area contributed by atoms with E-state index in [-0.39, 0.29) is 46.1 Å². The van der Waals surface area contributed by atoms with Crippen LogP contribution in [0.2, 0.25) is 0 Å². The molecule has 2 atom stereocenters. The molecule has 2 aromatic carbocycles. The zero-order valence-corrected chi connectivity index (χ0v) is 44.0. The number of rotatable bonds is 32. The molecule has 0 heterocycles. The molecule has 2 unspecified atom stereocenters. The normalized spacial score (nSPS) is 16.0. The Bertz CT molecular complexity index is 2550. The highest BCUT2D eigenvalue weighted by atomic mass is 32.2. The van der Waals surface area contributed by atoms with Crippen molar-refractivity contribution in [1.29, 1.82) is 0 Å². The molecule has 2 aromatic rings. The highest BCUT2D eigenvalue weighted by molar-refractivity contribution is 7.91. The summed E-state index contributed by atoms with van der Waals surface area (Å²) < 4.78 is 65.8. The van der Waals surface area contributed by atoms with E-state index in [1.54, 1.807) is 6.08 Å². The average molecular weight is 1080 g/mol. The first kappa shape index (κ1) is 62.7. The molecular formula is C55H68N2O18S. The van der Waals surface area contributed by atoms with Gasteiger partial charge in [0, 0.05) is 48.5 Å². The van der Waals surface area contributed by atoms with Crippen molar-refractivity contribution in [3.05, 3.63) is 136 Å². The van der Waals surface area contributed by atoms with Gasteiger partial charge in [0.2, 0.25) is 9.84 Å². The molecule has 1 aliphatic rings. The van der Waals surface area contributed by atoms with E-state index in [0.29, 0.717) is 30.4 Å². The molecule has 1 aliphatic carbocycles. The molecule has 0 aromatic heterocycles. The summed E-state index contributed by atoms with van der Waals surface area (Å²) in [6.45, 7) is 26.4. The summed E-state index contributed by atoms with van der Waals surface area (Å²) in [5, 5.41) is 13.1. The molecule has 1 fully saturated rings. The van der Waals surface area contributed by atoms with E-state index in [4.69, 9.17) is 38.0 Å². The van der Waals surface area contributed by atoms with Gasteiger partial charge in [0.1, 0.15) is 44.5 Å². The Labute approximate surface area is 443 Å². The summed E-state index contributed by atoms with van der Waals surface area (Å²) in [5.74, 6) is -5.34. The van der Waals surface area contributed by atoms with Crippen LogP contribution in [-0.2, 0) is 84.7 Å². The van der Waals surface area contributed by atoms with Gasteiger partial charge >= 0.3 is 41.9 Å². The molecule has 1 amide bonds. The fourth-order valence-corrected chi connectivity index (χ4v) is 9.91. The van der Waals surface area contributed by atoms with Gasteiger partial charge in [-0.15, -0.1) is 13.2 Å². The van der Waals surface area contributed by atoms with Crippen LogP contribution in [-0.4, -0.2) is 114 Å². The number of hydrogen-bond donors (Lipinski definition) is 3. The standard InChI is InChI=1S/C55H68N2O18S/c1-11-18-38-24-41(20-22-43(38)58)76(66,67)42-21-23-44(39(25-42)19-12-2)74-51(65)57-40-26-52(8,9)29-53(10,27-40)30-56-75-50(64)28-54(33-69-45(59)13-3,34-70-46(60)14-4)31-68-32-55(35-71-47(61)15-5,36-72-48(62)16-6)37-73-49(63)17-7/h11-17,20-25,40,56,58H,1-7,18-19,26-37H2,8-10H3,(H,57,65). The summed E-state index contributed by atoms with van der Waals surface area (Å²) in [7, 11) is -4.06. The van der Waals surface area contributed by atoms with Crippen LogP contribution >= 0.6 is 0 Å². The van der Waals surface area contributed by atoms with Crippen LogP contribution < -0.4 is 15.5 Å². The summed E-state index contributed by atoms with van der Waals surface area (Å²) in [5.41, 5.74) is -0.788. The number of allylic oxidation sites excluding steroid dienone is 2. The lowest BCUT2D eigenvalue weighted by Gasteiger charge is -2.46. The molecule has 0 saturated heterocycles. The van der Waals surface area contributed by atoms with Gasteiger partial charge in [-0.1, -0.05) is 65.8 Å². The van der Waals surface area contributed by atoms with Gasteiger partial charge in [0.05, 0.1) is 40.3 Å². The van der Waals surface area contributed by atoms with Crippen LogP contribution in [0.4, 0.5) is 4.79 Å². The molecule has 3 rings (SSSR count). The van der Waals surface area contributed by atoms with Gasteiger partial charge < -0.3 is 48.4 Å². The van der Waals surface area contributed by atoms with Crippen LogP contribution in [0.25, 0.3) is 0 Å². The summed E-state index contributed by atoms with van der Waals surface area (Å²) >= 11 is 0. The maximum atomic E-state index is 13.8. The van der Waals surface area contributed by atoms with Gasteiger partial charge in [-0.05, 0) is 84.9 Å². The molecule has 21 heteroatoms. The molecule has 0 spiro atoms. The zero-order valence-electron chi connectivity index (χ0n) is 43.2. The largest absolute Gasteiger partial charge is 0.508 e. The Morgan fingerprint density at radius 3 is 1.58 bits per heavy atom. The third-order valence-corrected chi connectivity index (χ3v) is 13.6. The van der Waals surface area contributed by atoms with Crippen molar-refractivity contribution in [2.24, 2.45) is 21.7 Å². The smallest absolute Gasteiger partial charge is 0.412 e. The number of benzene rings is 2. The van der Waals surface area contributed by atoms with Gasteiger partial charge in [0.25, 0.3) is 0 Å². The minimum Gasteiger partial charge on any atom is -0.508 e. The lowest BCUT2D eigenvalue weighted by molar-refractivity contribution is -0.173. The van der Waals surface area contributed by atoms with E-state index in [9.17, 15) is 47.1 Å². The number of ether oxygens (including phenoxy) is 7. The molecule has 0 aliphatic heterocycles. The fourth-order valence-electron chi connectivity index (χ4n) is 8.55. The van der Waals surface area contributed by atoms with Crippen molar-refractivity contribution in [3.8, 4) is 11.5 Å². The second-order valence-corrected chi connectivity index (χ2v) is 21.3.